The van der Waals surface area contributed by atoms with Crippen molar-refractivity contribution in [3.05, 3.63) is 151 Å². The van der Waals surface area contributed by atoms with Gasteiger partial charge in [-0.1, -0.05) is 91.9 Å². The van der Waals surface area contributed by atoms with E-state index in [0.29, 0.717) is 7.76 Å². The Kier molecular flexibility index (Phi) is 21.0. The number of rotatable bonds is 30. The van der Waals surface area contributed by atoms with Gasteiger partial charge in [-0.25, -0.2) is 0 Å². The number of anilines is 2. The quantitative estimate of drug-likeness (QED) is 0.0309. The van der Waals surface area contributed by atoms with Gasteiger partial charge in [0.15, 0.2) is 0 Å². The fourth-order valence-electron chi connectivity index (χ4n) is 10.5. The van der Waals surface area contributed by atoms with Gasteiger partial charge in [0.2, 0.25) is 0 Å². The van der Waals surface area contributed by atoms with Gasteiger partial charge < -0.3 is 0 Å². The fraction of sp³-hybridized carbons (Fsp3) is 0.448. The zero-order valence-electron chi connectivity index (χ0n) is 42.2. The Morgan fingerprint density at radius 1 is 0.465 bits per heavy atom. The van der Waals surface area contributed by atoms with Crippen LogP contribution in [0.4, 0.5) is 28.9 Å². The van der Waals surface area contributed by atoms with Gasteiger partial charge >= 0.3 is 337 Å². The van der Waals surface area contributed by atoms with E-state index < -0.39 is 79.0 Å². The van der Waals surface area contributed by atoms with Crippen LogP contribution in [0.2, 0.25) is 0 Å². The molecule has 0 amide bonds. The van der Waals surface area contributed by atoms with Crippen molar-refractivity contribution in [1.82, 2.24) is 0 Å². The molecule has 0 aliphatic heterocycles. The first kappa shape index (κ1) is 56.1. The molecule has 71 heavy (non-hydrogen) atoms. The SMILES string of the molecule is CCCCCCC(CCCCC)c1ccc(S(=O)(=O)Nc2ccc(F)[c]([Ti]([C]3=CC=CC3)([C]3=CC=CC3)[c]3c(F)ccc(NS(=O)(=O)c4ccc(C(CCCCC)CCCCCC)cc4)c3F)c2F)cc1. The molecule has 6 nitrogen and oxygen atoms in total. The molecular formula is C58H74F4N2O4S2Ti. The van der Waals surface area contributed by atoms with Crippen molar-refractivity contribution < 1.29 is 51.0 Å². The molecule has 0 bridgehead atoms. The molecule has 4 aromatic carbocycles. The van der Waals surface area contributed by atoms with Gasteiger partial charge in [0.25, 0.3) is 0 Å². The fourth-order valence-corrected chi connectivity index (χ4v) is 20.9. The minimum absolute atomic E-state index is 0.107. The van der Waals surface area contributed by atoms with E-state index >= 15 is 17.6 Å². The second-order valence-electron chi connectivity index (χ2n) is 19.4. The Labute approximate surface area is 426 Å². The Hall–Kier alpha value is -4.23. The molecule has 2 aliphatic rings. The molecule has 0 fully saturated rings. The standard InChI is InChI=1S/2C24H32F2NO2S.2C5H5.Ti/c2*1-3-5-7-9-11-19(10-8-6-4-2)20-12-15-22(16-13-20)30(28,29)27-24-17-14-21(25)18-23(24)26;2*1-2-4-5-3-1;/h2*12-17,19,27H,3-11H2,1-2H3;2*1-3H,4H2;. The molecule has 13 heteroatoms. The van der Waals surface area contributed by atoms with Gasteiger partial charge in [-0.2, -0.15) is 0 Å². The molecule has 2 atom stereocenters. The van der Waals surface area contributed by atoms with Crippen molar-refractivity contribution in [3.63, 3.8) is 0 Å². The summed E-state index contributed by atoms with van der Waals surface area (Å²) < 4.78 is 130. The van der Waals surface area contributed by atoms with Crippen LogP contribution in [-0.2, 0) is 36.6 Å². The molecule has 0 aromatic heterocycles. The van der Waals surface area contributed by atoms with E-state index in [2.05, 4.69) is 37.1 Å². The van der Waals surface area contributed by atoms with Gasteiger partial charge in [-0.05, 0) is 0 Å². The van der Waals surface area contributed by atoms with Gasteiger partial charge in [-0.15, -0.1) is 0 Å². The number of halogens is 4. The molecule has 384 valence electrons. The summed E-state index contributed by atoms with van der Waals surface area (Å²) in [6, 6.07) is 17.0. The number of unbranched alkanes of at least 4 members (excludes halogenated alkanes) is 10. The van der Waals surface area contributed by atoms with E-state index in [1.807, 2.05) is 0 Å². The maximum absolute atomic E-state index is 17.7. The van der Waals surface area contributed by atoms with Crippen molar-refractivity contribution in [2.24, 2.45) is 0 Å². The van der Waals surface area contributed by atoms with Crippen molar-refractivity contribution in [2.45, 2.75) is 178 Å². The molecule has 2 aliphatic carbocycles. The summed E-state index contributed by atoms with van der Waals surface area (Å²) in [5.41, 5.74) is 0.897. The first-order valence-electron chi connectivity index (χ1n) is 26.2. The van der Waals surface area contributed by atoms with Crippen LogP contribution < -0.4 is 17.2 Å². The number of hydrogen-bond acceptors (Lipinski definition) is 4. The minimum atomic E-state index is -5.53. The number of allylic oxidation sites excluding steroid dienone is 8. The maximum atomic E-state index is 17.7. The molecular weight excluding hydrogens is 977 g/mol. The number of nitrogens with one attached hydrogen (secondary N) is 2. The second kappa shape index (κ2) is 26.6. The summed E-state index contributed by atoms with van der Waals surface area (Å²) in [7, 11) is -8.92. The monoisotopic (exact) mass is 1050 g/mol. The Balaban J connectivity index is 1.38. The van der Waals surface area contributed by atoms with Crippen LogP contribution in [0.25, 0.3) is 0 Å². The van der Waals surface area contributed by atoms with E-state index in [9.17, 15) is 16.8 Å². The third-order valence-corrected chi connectivity index (χ3v) is 25.1. The van der Waals surface area contributed by atoms with E-state index in [1.165, 1.54) is 24.3 Å². The predicted octanol–water partition coefficient (Wildman–Crippen LogP) is 15.9. The Bertz CT molecular complexity index is 2570. The van der Waals surface area contributed by atoms with Crippen molar-refractivity contribution >= 4 is 39.2 Å². The molecule has 2 unspecified atom stereocenters. The van der Waals surface area contributed by atoms with E-state index in [-0.39, 0.29) is 34.5 Å². The third-order valence-electron chi connectivity index (χ3n) is 14.4. The summed E-state index contributed by atoms with van der Waals surface area (Å²) >= 11 is -5.53. The molecule has 0 radical (unpaired) electrons. The number of hydrogen-bond donors (Lipinski definition) is 2. The van der Waals surface area contributed by atoms with Crippen LogP contribution in [-0.4, -0.2) is 16.8 Å². The first-order chi connectivity index (χ1) is 34.2. The number of benzene rings is 4. The van der Waals surface area contributed by atoms with Crippen molar-refractivity contribution in [2.75, 3.05) is 9.44 Å². The zero-order chi connectivity index (χ0) is 51.0. The van der Waals surface area contributed by atoms with Gasteiger partial charge in [0.1, 0.15) is 0 Å². The van der Waals surface area contributed by atoms with Gasteiger partial charge in [0.05, 0.1) is 0 Å². The Morgan fingerprint density at radius 2 is 0.803 bits per heavy atom. The summed E-state index contributed by atoms with van der Waals surface area (Å²) in [5, 5.41) is 0. The van der Waals surface area contributed by atoms with Gasteiger partial charge in [-0.3, -0.25) is 0 Å². The summed E-state index contributed by atoms with van der Waals surface area (Å²) in [4.78, 5) is -0.243. The summed E-state index contributed by atoms with van der Waals surface area (Å²) in [5.74, 6) is -4.27. The van der Waals surface area contributed by atoms with Crippen LogP contribution in [0.15, 0.2) is 127 Å². The van der Waals surface area contributed by atoms with Crippen molar-refractivity contribution in [3.8, 4) is 0 Å². The van der Waals surface area contributed by atoms with E-state index in [1.54, 1.807) is 60.7 Å². The van der Waals surface area contributed by atoms with Crippen LogP contribution in [0.5, 0.6) is 0 Å². The first-order valence-corrected chi connectivity index (χ1v) is 32.3. The topological polar surface area (TPSA) is 92.3 Å². The van der Waals surface area contributed by atoms with Crippen LogP contribution in [0.3, 0.4) is 0 Å². The summed E-state index contributed by atoms with van der Waals surface area (Å²) in [6.45, 7) is 8.66. The Morgan fingerprint density at radius 3 is 1.13 bits per heavy atom. The molecule has 6 rings (SSSR count). The van der Waals surface area contributed by atoms with Crippen LogP contribution >= 0.6 is 0 Å². The van der Waals surface area contributed by atoms with Gasteiger partial charge in [0, 0.05) is 0 Å². The zero-order valence-corrected chi connectivity index (χ0v) is 45.3. The average Bonchev–Trinajstić information content (AvgIpc) is 4.12. The molecule has 0 saturated heterocycles. The predicted molar refractivity (Wildman–Crippen MR) is 281 cm³/mol. The number of sulfonamides is 2. The molecule has 2 N–H and O–H groups in total. The molecule has 0 saturated carbocycles. The average molecular weight is 1050 g/mol. The molecule has 0 spiro atoms. The van der Waals surface area contributed by atoms with E-state index in [0.717, 1.165) is 151 Å². The van der Waals surface area contributed by atoms with Crippen molar-refractivity contribution in [1.29, 1.82) is 0 Å². The second-order valence-corrected chi connectivity index (χ2v) is 28.7. The van der Waals surface area contributed by atoms with Crippen LogP contribution in [0, 0.1) is 23.3 Å². The van der Waals surface area contributed by atoms with Crippen LogP contribution in [0.1, 0.15) is 179 Å². The normalized spacial score (nSPS) is 14.7. The third kappa shape index (κ3) is 13.7. The van der Waals surface area contributed by atoms with E-state index in [4.69, 9.17) is 0 Å². The molecule has 0 heterocycles. The molecule has 4 aromatic rings. The summed E-state index contributed by atoms with van der Waals surface area (Å²) in [6.07, 6.45) is 29.7.